The van der Waals surface area contributed by atoms with Crippen LogP contribution in [0.2, 0.25) is 0 Å². The maximum Gasteiger partial charge on any atom is 0.255 e. The van der Waals surface area contributed by atoms with Gasteiger partial charge in [-0.15, -0.1) is 0 Å². The summed E-state index contributed by atoms with van der Waals surface area (Å²) in [6.45, 7) is 8.11. The molecule has 0 atom stereocenters. The second-order valence-electron chi connectivity index (χ2n) is 12.9. The van der Waals surface area contributed by atoms with Gasteiger partial charge in [0, 0.05) is 48.7 Å². The summed E-state index contributed by atoms with van der Waals surface area (Å²) < 4.78 is 2.21. The number of allylic oxidation sites excluding steroid dienone is 1. The lowest BCUT2D eigenvalue weighted by molar-refractivity contribution is 0.0969. The van der Waals surface area contributed by atoms with E-state index in [4.69, 9.17) is 4.98 Å². The average Bonchev–Trinajstić information content (AvgIpc) is 3.72. The molecular formula is C40H42N6O. The van der Waals surface area contributed by atoms with Crippen LogP contribution >= 0.6 is 0 Å². The number of hydrogen-bond acceptors (Lipinski definition) is 5. The Labute approximate surface area is 277 Å². The zero-order chi connectivity index (χ0) is 32.2. The van der Waals surface area contributed by atoms with Crippen LogP contribution in [0.1, 0.15) is 81.4 Å². The van der Waals surface area contributed by atoms with E-state index in [2.05, 4.69) is 92.3 Å². The van der Waals surface area contributed by atoms with Crippen LogP contribution in [0.4, 0.5) is 0 Å². The third kappa shape index (κ3) is 7.26. The van der Waals surface area contributed by atoms with Gasteiger partial charge in [-0.3, -0.25) is 19.7 Å². The summed E-state index contributed by atoms with van der Waals surface area (Å²) in [7, 11) is 0. The van der Waals surface area contributed by atoms with Crippen molar-refractivity contribution in [1.82, 2.24) is 29.7 Å². The summed E-state index contributed by atoms with van der Waals surface area (Å²) in [4.78, 5) is 29.8. The molecule has 0 spiro atoms. The zero-order valence-corrected chi connectivity index (χ0v) is 27.3. The Balaban J connectivity index is 1.03. The molecule has 1 saturated carbocycles. The van der Waals surface area contributed by atoms with Crippen molar-refractivity contribution in [1.29, 1.82) is 0 Å². The predicted octanol–water partition coefficient (Wildman–Crippen LogP) is 7.38. The van der Waals surface area contributed by atoms with Crippen molar-refractivity contribution >= 4 is 22.5 Å². The molecule has 5 aromatic rings. The van der Waals surface area contributed by atoms with Gasteiger partial charge in [0.05, 0.1) is 17.4 Å². The van der Waals surface area contributed by atoms with Gasteiger partial charge >= 0.3 is 0 Å². The molecule has 1 aliphatic heterocycles. The zero-order valence-electron chi connectivity index (χ0n) is 27.3. The smallest absolute Gasteiger partial charge is 0.255 e. The molecule has 1 amide bonds. The van der Waals surface area contributed by atoms with Gasteiger partial charge in [0.2, 0.25) is 0 Å². The number of aryl methyl sites for hydroxylation is 2. The molecule has 0 radical (unpaired) electrons. The molecule has 47 heavy (non-hydrogen) atoms. The number of nitrogens with one attached hydrogen (secondary N) is 1. The lowest BCUT2D eigenvalue weighted by atomic mass is 9.99. The van der Waals surface area contributed by atoms with Crippen LogP contribution in [0.25, 0.3) is 16.6 Å². The normalized spacial score (nSPS) is 15.6. The van der Waals surface area contributed by atoms with E-state index in [-0.39, 0.29) is 5.91 Å². The molecule has 238 valence electrons. The predicted molar refractivity (Wildman–Crippen MR) is 188 cm³/mol. The van der Waals surface area contributed by atoms with E-state index >= 15 is 0 Å². The van der Waals surface area contributed by atoms with E-state index in [1.165, 1.54) is 35.1 Å². The summed E-state index contributed by atoms with van der Waals surface area (Å²) in [5.41, 5.74) is 10.6. The second-order valence-corrected chi connectivity index (χ2v) is 12.9. The number of carbonyl (C=O) groups is 1. The van der Waals surface area contributed by atoms with E-state index < -0.39 is 0 Å². The summed E-state index contributed by atoms with van der Waals surface area (Å²) in [5.74, 6) is 1.33. The molecular weight excluding hydrogens is 580 g/mol. The van der Waals surface area contributed by atoms with E-state index in [0.717, 1.165) is 71.8 Å². The summed E-state index contributed by atoms with van der Waals surface area (Å²) in [6, 6.07) is 23.2. The Morgan fingerprint density at radius 2 is 1.81 bits per heavy atom. The van der Waals surface area contributed by atoms with Gasteiger partial charge < -0.3 is 9.88 Å². The molecule has 1 saturated heterocycles. The Bertz CT molecular complexity index is 1940. The lowest BCUT2D eigenvalue weighted by Gasteiger charge is -2.14. The number of imidazole rings is 1. The van der Waals surface area contributed by atoms with Crippen LogP contribution in [-0.4, -0.2) is 50.0 Å². The fourth-order valence-electron chi connectivity index (χ4n) is 6.56. The molecule has 0 bridgehead atoms. The summed E-state index contributed by atoms with van der Waals surface area (Å²) in [5, 5.41) is 3.02. The van der Waals surface area contributed by atoms with Gasteiger partial charge in [0.1, 0.15) is 11.3 Å². The van der Waals surface area contributed by atoms with Crippen molar-refractivity contribution in [2.24, 2.45) is 0 Å². The molecule has 2 aromatic carbocycles. The van der Waals surface area contributed by atoms with Crippen molar-refractivity contribution in [3.05, 3.63) is 143 Å². The Hall–Kier alpha value is -4.88. The molecule has 7 heteroatoms. The molecule has 1 aliphatic carbocycles. The maximum atomic E-state index is 13.4. The minimum Gasteiger partial charge on any atom is -0.329 e. The van der Waals surface area contributed by atoms with Crippen LogP contribution in [0.15, 0.2) is 97.5 Å². The first-order valence-electron chi connectivity index (χ1n) is 16.8. The topological polar surface area (TPSA) is 75.9 Å². The Morgan fingerprint density at radius 1 is 0.979 bits per heavy atom. The van der Waals surface area contributed by atoms with E-state index in [1.807, 2.05) is 25.1 Å². The molecule has 4 heterocycles. The van der Waals surface area contributed by atoms with E-state index in [9.17, 15) is 4.79 Å². The highest BCUT2D eigenvalue weighted by Gasteiger charge is 2.28. The number of rotatable bonds is 11. The number of pyridine rings is 2. The molecule has 3 aromatic heterocycles. The summed E-state index contributed by atoms with van der Waals surface area (Å²) in [6.07, 6.45) is 15.1. The molecule has 2 aliphatic rings. The maximum absolute atomic E-state index is 13.4. The molecule has 1 N–H and O–H groups in total. The third-order valence-electron chi connectivity index (χ3n) is 9.32. The number of carbonyl (C=O) groups excluding carboxylic acids is 1. The van der Waals surface area contributed by atoms with Gasteiger partial charge in [0.25, 0.3) is 5.91 Å². The number of hydrogen-bond donors (Lipinski definition) is 1. The highest BCUT2D eigenvalue weighted by atomic mass is 16.1. The summed E-state index contributed by atoms with van der Waals surface area (Å²) >= 11 is 0. The van der Waals surface area contributed by atoms with Gasteiger partial charge in [-0.05, 0) is 99.5 Å². The number of likely N-dealkylation sites (tertiary alicyclic amines) is 1. The van der Waals surface area contributed by atoms with Crippen molar-refractivity contribution in [3.63, 3.8) is 0 Å². The van der Waals surface area contributed by atoms with Crippen molar-refractivity contribution < 1.29 is 4.79 Å². The fraction of sp³-hybridized carbons (Fsp3) is 0.300. The number of aromatic nitrogens is 4. The third-order valence-corrected chi connectivity index (χ3v) is 9.32. The van der Waals surface area contributed by atoms with E-state index in [1.54, 1.807) is 18.6 Å². The number of nitrogens with zero attached hydrogens (tertiary/aromatic N) is 5. The van der Waals surface area contributed by atoms with Crippen LogP contribution in [0, 0.1) is 13.8 Å². The molecule has 2 fully saturated rings. The van der Waals surface area contributed by atoms with Crippen LogP contribution < -0.4 is 5.32 Å². The number of benzene rings is 2. The molecule has 7 rings (SSSR count). The first-order chi connectivity index (χ1) is 23.0. The highest BCUT2D eigenvalue weighted by molar-refractivity contribution is 5.96. The minimum atomic E-state index is -0.0711. The largest absolute Gasteiger partial charge is 0.329 e. The van der Waals surface area contributed by atoms with Crippen molar-refractivity contribution in [2.45, 2.75) is 58.4 Å². The van der Waals surface area contributed by atoms with Gasteiger partial charge in [-0.1, -0.05) is 60.2 Å². The minimum absolute atomic E-state index is 0.0711. The lowest BCUT2D eigenvalue weighted by Crippen LogP contribution is -2.19. The van der Waals surface area contributed by atoms with Crippen LogP contribution in [0.5, 0.6) is 0 Å². The van der Waals surface area contributed by atoms with Crippen LogP contribution in [-0.2, 0) is 13.0 Å². The second kappa shape index (κ2) is 13.9. The van der Waals surface area contributed by atoms with Crippen LogP contribution in [0.3, 0.4) is 0 Å². The SMILES string of the molecule is Cc1ccc(C(=CCN2CCCC2)c2cccc(CC=CNC(=O)c3ccc(Cn4c(C)nc5cnccc54)cc3C3CC3)n2)cc1. The number of fused-ring (bicyclic) bond motifs is 1. The van der Waals surface area contributed by atoms with Crippen molar-refractivity contribution in [2.75, 3.05) is 19.6 Å². The standard InChI is InChI=1S/C40H42N6O/c1-28-10-13-31(14-11-28)34(19-24-45-22-3-4-23-45)37-9-5-7-33(44-37)8-6-20-42-40(47)35-17-12-30(25-36(35)32-15-16-32)27-46-29(2)43-38-26-41-21-18-39(38)46/h5-7,9-14,17-21,25-26,32H,3-4,8,15-16,22-24,27H2,1-2H3,(H,42,47). The number of amides is 1. The fourth-order valence-corrected chi connectivity index (χ4v) is 6.56. The van der Waals surface area contributed by atoms with Gasteiger partial charge in [0.15, 0.2) is 0 Å². The van der Waals surface area contributed by atoms with Gasteiger partial charge in [-0.2, -0.15) is 0 Å². The monoisotopic (exact) mass is 622 g/mol. The van der Waals surface area contributed by atoms with Crippen molar-refractivity contribution in [3.8, 4) is 0 Å². The molecule has 7 nitrogen and oxygen atoms in total. The Morgan fingerprint density at radius 3 is 2.62 bits per heavy atom. The quantitative estimate of drug-likeness (QED) is 0.166. The average molecular weight is 623 g/mol. The van der Waals surface area contributed by atoms with E-state index in [0.29, 0.717) is 18.9 Å². The Kier molecular flexibility index (Phi) is 9.07. The highest BCUT2D eigenvalue weighted by Crippen LogP contribution is 2.42. The first-order valence-corrected chi connectivity index (χ1v) is 16.8. The first kappa shape index (κ1) is 30.8. The molecule has 0 unspecified atom stereocenters. The van der Waals surface area contributed by atoms with Gasteiger partial charge in [-0.25, -0.2) is 4.98 Å².